The van der Waals surface area contributed by atoms with Crippen LogP contribution in [0.25, 0.3) is 0 Å². The Morgan fingerprint density at radius 3 is 2.50 bits per heavy atom. The number of rotatable bonds is 6. The van der Waals surface area contributed by atoms with Gasteiger partial charge in [-0.3, -0.25) is 14.7 Å². The molecule has 2 fully saturated rings. The third-order valence-electron chi connectivity index (χ3n) is 5.43. The molecule has 2 N–H and O–H groups in total. The highest BCUT2D eigenvalue weighted by Gasteiger charge is 2.30. The molecule has 0 unspecified atom stereocenters. The number of aromatic amines is 1. The summed E-state index contributed by atoms with van der Waals surface area (Å²) in [6, 6.07) is 7.16. The molecule has 4 rings (SSSR count). The van der Waals surface area contributed by atoms with Crippen molar-refractivity contribution in [1.29, 1.82) is 0 Å². The van der Waals surface area contributed by atoms with E-state index in [2.05, 4.69) is 36.4 Å². The molecular weight excluding hydrogens is 422 g/mol. The highest BCUT2D eigenvalue weighted by atomic mass is 79.9. The average Bonchev–Trinajstić information content (AvgIpc) is 3.45. The van der Waals surface area contributed by atoms with Crippen molar-refractivity contribution in [3.05, 3.63) is 46.0 Å². The van der Waals surface area contributed by atoms with Crippen molar-refractivity contribution in [3.8, 4) is 0 Å². The zero-order valence-corrected chi connectivity index (χ0v) is 17.2. The Kier molecular flexibility index (Phi) is 5.75. The lowest BCUT2D eigenvalue weighted by molar-refractivity contribution is -0.132. The molecule has 1 saturated carbocycles. The first kappa shape index (κ1) is 19.1. The summed E-state index contributed by atoms with van der Waals surface area (Å²) in [7, 11) is 0. The van der Waals surface area contributed by atoms with Crippen molar-refractivity contribution in [2.75, 3.05) is 19.6 Å². The number of benzene rings is 1. The highest BCUT2D eigenvalue weighted by Crippen LogP contribution is 2.38. The molecule has 2 aliphatic rings. The number of H-pyrrole nitrogens is 1. The Bertz CT molecular complexity index is 839. The van der Waals surface area contributed by atoms with Gasteiger partial charge in [-0.05, 0) is 49.9 Å². The number of hydrogen-bond acceptors (Lipinski definition) is 4. The summed E-state index contributed by atoms with van der Waals surface area (Å²) in [5.41, 5.74) is 0.592. The lowest BCUT2D eigenvalue weighted by Crippen LogP contribution is -2.39. The minimum atomic E-state index is -0.157. The molecule has 0 spiro atoms. The predicted molar refractivity (Wildman–Crippen MR) is 108 cm³/mol. The van der Waals surface area contributed by atoms with Crippen LogP contribution in [0.3, 0.4) is 0 Å². The molecular formula is C20H24BrN5O2. The molecule has 1 saturated heterocycles. The first-order valence-corrected chi connectivity index (χ1v) is 10.6. The summed E-state index contributed by atoms with van der Waals surface area (Å²) in [5, 5.41) is 10.2. The third-order valence-corrected chi connectivity index (χ3v) is 5.96. The van der Waals surface area contributed by atoms with Gasteiger partial charge in [0.1, 0.15) is 5.82 Å². The minimum Gasteiger partial charge on any atom is -0.352 e. The molecule has 0 bridgehead atoms. The van der Waals surface area contributed by atoms with Crippen molar-refractivity contribution in [1.82, 2.24) is 25.4 Å². The quantitative estimate of drug-likeness (QED) is 0.714. The Labute approximate surface area is 172 Å². The van der Waals surface area contributed by atoms with Crippen molar-refractivity contribution >= 4 is 27.7 Å². The number of hydrogen-bond donors (Lipinski definition) is 2. The van der Waals surface area contributed by atoms with Crippen LogP contribution in [0.1, 0.15) is 65.9 Å². The normalized spacial score (nSPS) is 17.5. The van der Waals surface area contributed by atoms with Crippen molar-refractivity contribution < 1.29 is 9.59 Å². The predicted octanol–water partition coefficient (Wildman–Crippen LogP) is 2.97. The highest BCUT2D eigenvalue weighted by molar-refractivity contribution is 9.10. The maximum Gasteiger partial charge on any atom is 0.251 e. The van der Waals surface area contributed by atoms with E-state index in [1.807, 2.05) is 17.0 Å². The smallest absolute Gasteiger partial charge is 0.251 e. The molecule has 0 atom stereocenters. The molecule has 1 aromatic heterocycles. The lowest BCUT2D eigenvalue weighted by atomic mass is 9.96. The van der Waals surface area contributed by atoms with Crippen molar-refractivity contribution in [2.24, 2.45) is 0 Å². The first-order valence-electron chi connectivity index (χ1n) is 9.84. The SMILES string of the molecule is O=C(NCCC(=O)N1CCC(c2nc(C3CC3)n[nH]2)CC1)c1ccc(Br)cc1. The lowest BCUT2D eigenvalue weighted by Gasteiger charge is -2.31. The molecule has 2 heterocycles. The summed E-state index contributed by atoms with van der Waals surface area (Å²) >= 11 is 3.35. The topological polar surface area (TPSA) is 91.0 Å². The second-order valence-electron chi connectivity index (χ2n) is 7.52. The summed E-state index contributed by atoms with van der Waals surface area (Å²) < 4.78 is 0.928. The van der Waals surface area contributed by atoms with Gasteiger partial charge in [0.15, 0.2) is 5.82 Å². The van der Waals surface area contributed by atoms with Crippen LogP contribution in [-0.2, 0) is 4.79 Å². The number of nitrogens with zero attached hydrogens (tertiary/aromatic N) is 3. The fourth-order valence-electron chi connectivity index (χ4n) is 3.54. The van der Waals surface area contributed by atoms with Gasteiger partial charge in [-0.15, -0.1) is 0 Å². The zero-order valence-electron chi connectivity index (χ0n) is 15.7. The van der Waals surface area contributed by atoms with E-state index in [0.29, 0.717) is 30.4 Å². The molecule has 7 nitrogen and oxygen atoms in total. The van der Waals surface area contributed by atoms with Crippen LogP contribution in [0, 0.1) is 0 Å². The van der Waals surface area contributed by atoms with Gasteiger partial charge in [-0.1, -0.05) is 15.9 Å². The van der Waals surface area contributed by atoms with Crippen LogP contribution in [0.15, 0.2) is 28.7 Å². The summed E-state index contributed by atoms with van der Waals surface area (Å²) in [6.07, 6.45) is 4.51. The van der Waals surface area contributed by atoms with Gasteiger partial charge < -0.3 is 10.2 Å². The Hall–Kier alpha value is -2.22. The summed E-state index contributed by atoms with van der Waals surface area (Å²) in [4.78, 5) is 31.1. The van der Waals surface area contributed by atoms with Gasteiger partial charge in [-0.2, -0.15) is 5.10 Å². The van der Waals surface area contributed by atoms with Crippen LogP contribution in [-0.4, -0.2) is 51.5 Å². The van der Waals surface area contributed by atoms with E-state index in [-0.39, 0.29) is 11.8 Å². The van der Waals surface area contributed by atoms with Crippen LogP contribution in [0.2, 0.25) is 0 Å². The van der Waals surface area contributed by atoms with Gasteiger partial charge in [0.25, 0.3) is 5.91 Å². The van der Waals surface area contributed by atoms with Crippen molar-refractivity contribution in [3.63, 3.8) is 0 Å². The second kappa shape index (κ2) is 8.43. The third kappa shape index (κ3) is 4.60. The molecule has 28 heavy (non-hydrogen) atoms. The summed E-state index contributed by atoms with van der Waals surface area (Å²) in [5.74, 6) is 2.76. The van der Waals surface area contributed by atoms with E-state index in [0.717, 1.165) is 42.1 Å². The maximum absolute atomic E-state index is 12.4. The Balaban J connectivity index is 1.19. The molecule has 2 amide bonds. The van der Waals surface area contributed by atoms with Crippen molar-refractivity contribution in [2.45, 2.75) is 43.9 Å². The number of carbonyl (C=O) groups excluding carboxylic acids is 2. The largest absolute Gasteiger partial charge is 0.352 e. The van der Waals surface area contributed by atoms with E-state index in [9.17, 15) is 9.59 Å². The number of amides is 2. The Morgan fingerprint density at radius 1 is 1.11 bits per heavy atom. The van der Waals surface area contributed by atoms with Gasteiger partial charge in [0.05, 0.1) is 0 Å². The number of carbonyl (C=O) groups is 2. The molecule has 1 aliphatic heterocycles. The number of halogens is 1. The monoisotopic (exact) mass is 445 g/mol. The zero-order chi connectivity index (χ0) is 19.5. The second-order valence-corrected chi connectivity index (χ2v) is 8.44. The van der Waals surface area contributed by atoms with Gasteiger partial charge in [0.2, 0.25) is 5.91 Å². The molecule has 1 aromatic carbocycles. The minimum absolute atomic E-state index is 0.0887. The van der Waals surface area contributed by atoms with Crippen LogP contribution < -0.4 is 5.32 Å². The number of piperidine rings is 1. The molecule has 8 heteroatoms. The molecule has 2 aromatic rings. The Morgan fingerprint density at radius 2 is 1.82 bits per heavy atom. The first-order chi connectivity index (χ1) is 13.6. The van der Waals surface area contributed by atoms with E-state index in [1.165, 1.54) is 12.8 Å². The number of likely N-dealkylation sites (tertiary alicyclic amines) is 1. The fraction of sp³-hybridized carbons (Fsp3) is 0.500. The standard InChI is InChI=1S/C20H24BrN5O2/c21-16-5-3-15(4-6-16)20(28)22-10-7-17(27)26-11-8-14(9-12-26)19-23-18(24-25-19)13-1-2-13/h3-6,13-14H,1-2,7-12H2,(H,22,28)(H,23,24,25). The van der Waals surface area contributed by atoms with E-state index < -0.39 is 0 Å². The van der Waals surface area contributed by atoms with Crippen LogP contribution in [0.5, 0.6) is 0 Å². The number of nitrogens with one attached hydrogen (secondary N) is 2. The van der Waals surface area contributed by atoms with Crippen LogP contribution in [0.4, 0.5) is 0 Å². The van der Waals surface area contributed by atoms with Gasteiger partial charge >= 0.3 is 0 Å². The molecule has 148 valence electrons. The molecule has 1 aliphatic carbocycles. The average molecular weight is 446 g/mol. The summed E-state index contributed by atoms with van der Waals surface area (Å²) in [6.45, 7) is 1.80. The van der Waals surface area contributed by atoms with Crippen LogP contribution >= 0.6 is 15.9 Å². The maximum atomic E-state index is 12.4. The van der Waals surface area contributed by atoms with Gasteiger partial charge in [0, 0.05) is 47.9 Å². The van der Waals surface area contributed by atoms with Gasteiger partial charge in [-0.25, -0.2) is 4.98 Å². The van der Waals surface area contributed by atoms with E-state index >= 15 is 0 Å². The van der Waals surface area contributed by atoms with E-state index in [4.69, 9.17) is 0 Å². The number of aromatic nitrogens is 3. The van der Waals surface area contributed by atoms with E-state index in [1.54, 1.807) is 12.1 Å². The molecule has 0 radical (unpaired) electrons. The fourth-order valence-corrected chi connectivity index (χ4v) is 3.81.